The lowest BCUT2D eigenvalue weighted by atomic mass is 9.88. The highest BCUT2D eigenvalue weighted by molar-refractivity contribution is 7.93. The average molecular weight is 535 g/mol. The van der Waals surface area contributed by atoms with Crippen LogP contribution in [0.4, 0.5) is 0 Å². The molecule has 0 saturated heterocycles. The number of carbonyl (C=O) groups excluding carboxylic acids is 1. The van der Waals surface area contributed by atoms with Gasteiger partial charge in [0.15, 0.2) is 0 Å². The molecule has 0 spiro atoms. The van der Waals surface area contributed by atoms with Crippen molar-refractivity contribution < 1.29 is 9.36 Å². The van der Waals surface area contributed by atoms with Crippen molar-refractivity contribution in [2.75, 3.05) is 0 Å². The summed E-state index contributed by atoms with van der Waals surface area (Å²) >= 11 is 0. The van der Waals surface area contributed by atoms with Crippen LogP contribution in [0.3, 0.4) is 0 Å². The first kappa shape index (κ1) is 25.5. The molecule has 0 bridgehead atoms. The highest BCUT2D eigenvalue weighted by Gasteiger charge is 2.39. The molecule has 40 heavy (non-hydrogen) atoms. The van der Waals surface area contributed by atoms with Gasteiger partial charge in [-0.05, 0) is 45.5 Å². The van der Waals surface area contributed by atoms with Crippen LogP contribution in [0.1, 0.15) is 10.4 Å². The van der Waals surface area contributed by atoms with E-state index in [1.165, 1.54) is 0 Å². The minimum Gasteiger partial charge on any atom is -0.305 e. The maximum atomic E-state index is 15.3. The van der Waals surface area contributed by atoms with Crippen LogP contribution in [-0.4, -0.2) is 5.52 Å². The Balaban J connectivity index is 1.71. The second kappa shape index (κ2) is 11.1. The van der Waals surface area contributed by atoms with Gasteiger partial charge in [-0.25, -0.2) is 0 Å². The van der Waals surface area contributed by atoms with Crippen molar-refractivity contribution in [2.24, 2.45) is 0 Å². The fraction of sp³-hybridized carbons (Fsp3) is 0. The van der Waals surface area contributed by atoms with Crippen LogP contribution in [-0.2, 0) is 4.57 Å². The molecular weight excluding hydrogens is 507 g/mol. The molecule has 0 amide bonds. The van der Waals surface area contributed by atoms with Gasteiger partial charge in [0.2, 0.25) is 12.7 Å². The summed E-state index contributed by atoms with van der Waals surface area (Å²) in [4.78, 5) is 15.0. The molecule has 2 nitrogen and oxygen atoms in total. The van der Waals surface area contributed by atoms with Gasteiger partial charge >= 0.3 is 0 Å². The number of hydrogen-bond donors (Lipinski definition) is 0. The van der Waals surface area contributed by atoms with E-state index >= 15 is 9.36 Å². The van der Waals surface area contributed by atoms with E-state index in [0.717, 1.165) is 33.4 Å². The Kier molecular flexibility index (Phi) is 7.10. The van der Waals surface area contributed by atoms with E-state index < -0.39 is 7.14 Å². The molecular formula is C37H27O2P. The summed E-state index contributed by atoms with van der Waals surface area (Å²) in [7, 11) is -3.76. The predicted molar refractivity (Wildman–Crippen MR) is 167 cm³/mol. The first-order chi connectivity index (χ1) is 19.7. The van der Waals surface area contributed by atoms with Gasteiger partial charge in [0.05, 0.1) is 0 Å². The van der Waals surface area contributed by atoms with E-state index in [1.807, 2.05) is 115 Å². The Labute approximate surface area is 235 Å². The normalized spacial score (nSPS) is 11.2. The maximum Gasteiger partial charge on any atom is 0.231 e. The minimum atomic E-state index is -3.76. The molecule has 0 fully saturated rings. The fourth-order valence-electron chi connectivity index (χ4n) is 5.18. The number of rotatable bonds is 7. The maximum absolute atomic E-state index is 15.3. The molecule has 0 aliphatic carbocycles. The minimum absolute atomic E-state index is 0.373. The Morgan fingerprint density at radius 1 is 0.400 bits per heavy atom. The first-order valence-corrected chi connectivity index (χ1v) is 15.0. The van der Waals surface area contributed by atoms with Crippen molar-refractivity contribution >= 4 is 23.3 Å². The van der Waals surface area contributed by atoms with Crippen LogP contribution >= 0.6 is 7.14 Å². The van der Waals surface area contributed by atoms with Gasteiger partial charge in [-0.1, -0.05) is 152 Å². The summed E-state index contributed by atoms with van der Waals surface area (Å²) in [6.07, 6.45) is 0. The molecule has 0 unspecified atom stereocenters. The first-order valence-electron chi connectivity index (χ1n) is 13.3. The monoisotopic (exact) mass is 534 g/mol. The summed E-state index contributed by atoms with van der Waals surface area (Å²) in [5, 5.41) is 1.05. The molecule has 6 rings (SSSR count). The number of benzene rings is 6. The molecule has 0 aliphatic rings. The molecule has 3 heteroatoms. The fourth-order valence-corrected chi connectivity index (χ4v) is 7.68. The van der Waals surface area contributed by atoms with Crippen molar-refractivity contribution in [3.05, 3.63) is 169 Å². The zero-order valence-corrected chi connectivity index (χ0v) is 22.7. The van der Waals surface area contributed by atoms with E-state index in [4.69, 9.17) is 0 Å². The van der Waals surface area contributed by atoms with Crippen LogP contribution in [0.2, 0.25) is 0 Å². The molecule has 0 radical (unpaired) electrons. The lowest BCUT2D eigenvalue weighted by Crippen LogP contribution is -2.23. The van der Waals surface area contributed by atoms with Crippen LogP contribution < -0.4 is 10.6 Å². The van der Waals surface area contributed by atoms with E-state index in [2.05, 4.69) is 24.3 Å². The van der Waals surface area contributed by atoms with Crippen molar-refractivity contribution in [3.8, 4) is 33.4 Å². The molecule has 0 aliphatic heterocycles. The van der Waals surface area contributed by atoms with E-state index in [-0.39, 0.29) is 5.52 Å². The number of hydrogen-bond acceptors (Lipinski definition) is 2. The van der Waals surface area contributed by atoms with Gasteiger partial charge in [-0.3, -0.25) is 4.79 Å². The van der Waals surface area contributed by atoms with Gasteiger partial charge in [-0.15, -0.1) is 0 Å². The van der Waals surface area contributed by atoms with Gasteiger partial charge < -0.3 is 4.57 Å². The lowest BCUT2D eigenvalue weighted by Gasteiger charge is -2.23. The van der Waals surface area contributed by atoms with Gasteiger partial charge in [0.25, 0.3) is 0 Å². The summed E-state index contributed by atoms with van der Waals surface area (Å²) in [6, 6.07) is 52.4. The summed E-state index contributed by atoms with van der Waals surface area (Å²) in [5.41, 5.74) is 5.45. The van der Waals surface area contributed by atoms with Crippen LogP contribution in [0.5, 0.6) is 0 Å². The Morgan fingerprint density at radius 3 is 1.10 bits per heavy atom. The largest absolute Gasteiger partial charge is 0.305 e. The molecule has 0 aromatic heterocycles. The van der Waals surface area contributed by atoms with Crippen LogP contribution in [0.15, 0.2) is 164 Å². The molecule has 0 saturated carbocycles. The highest BCUT2D eigenvalue weighted by Crippen LogP contribution is 2.51. The molecule has 0 heterocycles. The van der Waals surface area contributed by atoms with Crippen LogP contribution in [0, 0.1) is 0 Å². The van der Waals surface area contributed by atoms with Crippen molar-refractivity contribution in [2.45, 2.75) is 0 Å². The highest BCUT2D eigenvalue weighted by atomic mass is 31.2. The smallest absolute Gasteiger partial charge is 0.231 e. The van der Waals surface area contributed by atoms with Crippen molar-refractivity contribution in [1.82, 2.24) is 0 Å². The van der Waals surface area contributed by atoms with Crippen molar-refractivity contribution in [3.63, 3.8) is 0 Å². The summed E-state index contributed by atoms with van der Waals surface area (Å²) in [6.45, 7) is 0. The molecule has 6 aromatic carbocycles. The SMILES string of the molecule is O=C(c1c(-c2ccccc2)cc(-c2ccccc2)cc1-c1ccccc1)P(=O)(c1ccccc1)c1ccccc1. The lowest BCUT2D eigenvalue weighted by molar-refractivity contribution is 0.107. The zero-order chi connectivity index (χ0) is 27.4. The number of carbonyl (C=O) groups is 1. The van der Waals surface area contributed by atoms with E-state index in [9.17, 15) is 0 Å². The molecule has 0 atom stereocenters. The third kappa shape index (κ3) is 4.75. The zero-order valence-electron chi connectivity index (χ0n) is 21.9. The van der Waals surface area contributed by atoms with E-state index in [1.54, 1.807) is 24.3 Å². The Bertz CT molecular complexity index is 1690. The third-order valence-corrected chi connectivity index (χ3v) is 10.0. The van der Waals surface area contributed by atoms with Gasteiger partial charge in [-0.2, -0.15) is 0 Å². The quantitative estimate of drug-likeness (QED) is 0.192. The summed E-state index contributed by atoms with van der Waals surface area (Å²) < 4.78 is 15.3. The average Bonchev–Trinajstić information content (AvgIpc) is 3.05. The van der Waals surface area contributed by atoms with E-state index in [0.29, 0.717) is 16.2 Å². The molecule has 0 N–H and O–H groups in total. The second-order valence-electron chi connectivity index (χ2n) is 9.63. The summed E-state index contributed by atoms with van der Waals surface area (Å²) in [5.74, 6) is 0. The third-order valence-electron chi connectivity index (χ3n) is 7.15. The Hall–Kier alpha value is -4.78. The second-order valence-corrected chi connectivity index (χ2v) is 12.3. The standard InChI is InChI=1S/C37H27O2P/c38-37(40(39,32-22-12-4-13-23-32)33-24-14-5-15-25-33)36-34(29-18-8-2-9-19-29)26-31(28-16-6-1-7-17-28)27-35(36)30-20-10-3-11-21-30/h1-27H. The topological polar surface area (TPSA) is 34.1 Å². The molecule has 192 valence electrons. The predicted octanol–water partition coefficient (Wildman–Crippen LogP) is 8.84. The Morgan fingerprint density at radius 2 is 0.725 bits per heavy atom. The van der Waals surface area contributed by atoms with Crippen molar-refractivity contribution in [1.29, 1.82) is 0 Å². The molecule has 6 aromatic rings. The van der Waals surface area contributed by atoms with Gasteiger partial charge in [0, 0.05) is 16.2 Å². The van der Waals surface area contributed by atoms with Crippen LogP contribution in [0.25, 0.3) is 33.4 Å². The van der Waals surface area contributed by atoms with Gasteiger partial charge in [0.1, 0.15) is 0 Å².